The summed E-state index contributed by atoms with van der Waals surface area (Å²) >= 11 is 0. The van der Waals surface area contributed by atoms with Gasteiger partial charge in [0.2, 0.25) is 5.76 Å². The molecule has 1 unspecified atom stereocenters. The van der Waals surface area contributed by atoms with E-state index < -0.39 is 5.97 Å². The lowest BCUT2D eigenvalue weighted by Crippen LogP contribution is -2.34. The van der Waals surface area contributed by atoms with Crippen LogP contribution in [0.1, 0.15) is 34.7 Å². The van der Waals surface area contributed by atoms with Crippen molar-refractivity contribution in [1.82, 2.24) is 4.90 Å². The van der Waals surface area contributed by atoms with Crippen LogP contribution < -0.4 is 5.73 Å². The van der Waals surface area contributed by atoms with Crippen LogP contribution in [-0.4, -0.2) is 37.1 Å². The number of ether oxygens (including phenoxy) is 1. The fraction of sp³-hybridized carbons (Fsp3) is 0.615. The van der Waals surface area contributed by atoms with Crippen molar-refractivity contribution in [1.29, 1.82) is 0 Å². The highest BCUT2D eigenvalue weighted by atomic mass is 16.5. The number of carbonyl (C=O) groups excluding carboxylic acids is 1. The third-order valence-corrected chi connectivity index (χ3v) is 3.47. The standard InChI is InChI=1S/C13H20N2O3/c1-9-6-11(18-12(9)13(16)17-2)8-15-5-3-4-10(15)7-14/h6,10H,3-5,7-8,14H2,1-2H3. The maximum atomic E-state index is 11.5. The maximum Gasteiger partial charge on any atom is 0.374 e. The number of nitrogens with two attached hydrogens (primary N) is 1. The average molecular weight is 252 g/mol. The summed E-state index contributed by atoms with van der Waals surface area (Å²) in [5.41, 5.74) is 6.56. The van der Waals surface area contributed by atoms with Crippen molar-refractivity contribution in [2.75, 3.05) is 20.2 Å². The first kappa shape index (κ1) is 13.1. The molecule has 100 valence electrons. The molecule has 0 saturated carbocycles. The van der Waals surface area contributed by atoms with Crippen molar-refractivity contribution in [3.63, 3.8) is 0 Å². The molecule has 1 saturated heterocycles. The number of aryl methyl sites for hydroxylation is 1. The summed E-state index contributed by atoms with van der Waals surface area (Å²) < 4.78 is 10.2. The predicted molar refractivity (Wildman–Crippen MR) is 67.3 cm³/mol. The van der Waals surface area contributed by atoms with Crippen molar-refractivity contribution in [2.45, 2.75) is 32.4 Å². The number of rotatable bonds is 4. The fourth-order valence-electron chi connectivity index (χ4n) is 2.49. The Balaban J connectivity index is 2.08. The molecule has 1 aliphatic heterocycles. The SMILES string of the molecule is COC(=O)c1oc(CN2CCCC2CN)cc1C. The molecule has 1 aliphatic rings. The minimum absolute atomic E-state index is 0.302. The van der Waals surface area contributed by atoms with Gasteiger partial charge in [0.25, 0.3) is 0 Å². The number of esters is 1. The smallest absolute Gasteiger partial charge is 0.374 e. The first-order valence-electron chi connectivity index (χ1n) is 6.27. The Hall–Kier alpha value is -1.33. The molecular formula is C13H20N2O3. The van der Waals surface area contributed by atoms with Crippen molar-refractivity contribution < 1.29 is 13.9 Å². The number of methoxy groups -OCH3 is 1. The minimum atomic E-state index is -0.421. The number of hydrogen-bond donors (Lipinski definition) is 1. The molecule has 0 aliphatic carbocycles. The molecular weight excluding hydrogens is 232 g/mol. The first-order valence-corrected chi connectivity index (χ1v) is 6.27. The summed E-state index contributed by atoms with van der Waals surface area (Å²) in [5.74, 6) is 0.680. The van der Waals surface area contributed by atoms with Crippen LogP contribution in [0.2, 0.25) is 0 Å². The highest BCUT2D eigenvalue weighted by Gasteiger charge is 2.25. The lowest BCUT2D eigenvalue weighted by atomic mass is 10.2. The van der Waals surface area contributed by atoms with Gasteiger partial charge in [0.15, 0.2) is 0 Å². The molecule has 1 atom stereocenters. The third-order valence-electron chi connectivity index (χ3n) is 3.47. The van der Waals surface area contributed by atoms with Gasteiger partial charge in [-0.15, -0.1) is 0 Å². The van der Waals surface area contributed by atoms with Gasteiger partial charge in [-0.3, -0.25) is 4.90 Å². The van der Waals surface area contributed by atoms with Gasteiger partial charge in [-0.2, -0.15) is 0 Å². The lowest BCUT2D eigenvalue weighted by Gasteiger charge is -2.21. The van der Waals surface area contributed by atoms with E-state index in [1.807, 2.05) is 13.0 Å². The molecule has 1 fully saturated rings. The summed E-state index contributed by atoms with van der Waals surface area (Å²) in [7, 11) is 1.36. The number of furan rings is 1. The van der Waals surface area contributed by atoms with Crippen LogP contribution in [0.15, 0.2) is 10.5 Å². The zero-order valence-electron chi connectivity index (χ0n) is 10.9. The molecule has 18 heavy (non-hydrogen) atoms. The molecule has 5 heteroatoms. The van der Waals surface area contributed by atoms with Crippen LogP contribution in [-0.2, 0) is 11.3 Å². The summed E-state index contributed by atoms with van der Waals surface area (Å²) in [4.78, 5) is 13.8. The molecule has 5 nitrogen and oxygen atoms in total. The van der Waals surface area contributed by atoms with E-state index >= 15 is 0 Å². The molecule has 2 heterocycles. The summed E-state index contributed by atoms with van der Waals surface area (Å²) in [5, 5.41) is 0. The highest BCUT2D eigenvalue weighted by molar-refractivity contribution is 5.87. The quantitative estimate of drug-likeness (QED) is 0.818. The first-order chi connectivity index (χ1) is 8.65. The molecule has 2 N–H and O–H groups in total. The van der Waals surface area contributed by atoms with E-state index in [1.54, 1.807) is 0 Å². The molecule has 0 aromatic carbocycles. The van der Waals surface area contributed by atoms with Gasteiger partial charge >= 0.3 is 5.97 Å². The second-order valence-corrected chi connectivity index (χ2v) is 4.72. The molecule has 0 bridgehead atoms. The lowest BCUT2D eigenvalue weighted by molar-refractivity contribution is 0.0560. The zero-order valence-corrected chi connectivity index (χ0v) is 10.9. The van der Waals surface area contributed by atoms with E-state index in [1.165, 1.54) is 13.5 Å². The zero-order chi connectivity index (χ0) is 13.1. The van der Waals surface area contributed by atoms with Gasteiger partial charge in [0.1, 0.15) is 5.76 Å². The number of likely N-dealkylation sites (tertiary alicyclic amines) is 1. The largest absolute Gasteiger partial charge is 0.463 e. The average Bonchev–Trinajstić information content (AvgIpc) is 2.95. The Morgan fingerprint density at radius 1 is 1.67 bits per heavy atom. The Bertz CT molecular complexity index is 428. The molecule has 0 amide bonds. The number of nitrogens with zero attached hydrogens (tertiary/aromatic N) is 1. The van der Waals surface area contributed by atoms with Crippen molar-refractivity contribution in [2.24, 2.45) is 5.73 Å². The van der Waals surface area contributed by atoms with E-state index in [-0.39, 0.29) is 0 Å². The normalized spacial score (nSPS) is 20.3. The van der Waals surface area contributed by atoms with Gasteiger partial charge in [-0.1, -0.05) is 0 Å². The van der Waals surface area contributed by atoms with Gasteiger partial charge < -0.3 is 14.9 Å². The fourth-order valence-corrected chi connectivity index (χ4v) is 2.49. The van der Waals surface area contributed by atoms with Crippen molar-refractivity contribution in [3.8, 4) is 0 Å². The van der Waals surface area contributed by atoms with E-state index in [0.29, 0.717) is 24.9 Å². The topological polar surface area (TPSA) is 68.7 Å². The predicted octanol–water partition coefficient (Wildman–Crippen LogP) is 1.30. The van der Waals surface area contributed by atoms with Crippen LogP contribution in [0.4, 0.5) is 0 Å². The van der Waals surface area contributed by atoms with E-state index in [2.05, 4.69) is 9.64 Å². The van der Waals surface area contributed by atoms with Gasteiger partial charge in [-0.25, -0.2) is 4.79 Å². The van der Waals surface area contributed by atoms with Crippen molar-refractivity contribution >= 4 is 5.97 Å². The Morgan fingerprint density at radius 3 is 3.11 bits per heavy atom. The molecule has 1 aromatic rings. The Kier molecular flexibility index (Phi) is 4.04. The molecule has 0 spiro atoms. The van der Waals surface area contributed by atoms with Crippen LogP contribution in [0.5, 0.6) is 0 Å². The van der Waals surface area contributed by atoms with Crippen LogP contribution in [0.3, 0.4) is 0 Å². The minimum Gasteiger partial charge on any atom is -0.463 e. The molecule has 0 radical (unpaired) electrons. The second-order valence-electron chi connectivity index (χ2n) is 4.72. The third kappa shape index (κ3) is 2.57. The number of hydrogen-bond acceptors (Lipinski definition) is 5. The van der Waals surface area contributed by atoms with Crippen molar-refractivity contribution in [3.05, 3.63) is 23.2 Å². The highest BCUT2D eigenvalue weighted by Crippen LogP contribution is 2.22. The molecule has 1 aromatic heterocycles. The van der Waals surface area contributed by atoms with Crippen LogP contribution in [0.25, 0.3) is 0 Å². The van der Waals surface area contributed by atoms with Gasteiger partial charge in [0.05, 0.1) is 13.7 Å². The monoisotopic (exact) mass is 252 g/mol. The summed E-state index contributed by atoms with van der Waals surface area (Å²) in [6.45, 7) is 4.27. The number of carbonyl (C=O) groups is 1. The van der Waals surface area contributed by atoms with Gasteiger partial charge in [-0.05, 0) is 32.4 Å². The summed E-state index contributed by atoms with van der Waals surface area (Å²) in [6, 6.07) is 2.33. The maximum absolute atomic E-state index is 11.5. The Morgan fingerprint density at radius 2 is 2.44 bits per heavy atom. The van der Waals surface area contributed by atoms with Crippen LogP contribution in [0, 0.1) is 6.92 Å². The summed E-state index contributed by atoms with van der Waals surface area (Å²) in [6.07, 6.45) is 2.31. The van der Waals surface area contributed by atoms with E-state index in [9.17, 15) is 4.79 Å². The van der Waals surface area contributed by atoms with E-state index in [4.69, 9.17) is 10.2 Å². The molecule has 2 rings (SSSR count). The second kappa shape index (κ2) is 5.54. The van der Waals surface area contributed by atoms with E-state index in [0.717, 1.165) is 24.3 Å². The van der Waals surface area contributed by atoms with Crippen LogP contribution >= 0.6 is 0 Å². The Labute approximate surface area is 107 Å². The van der Waals surface area contributed by atoms with Gasteiger partial charge in [0, 0.05) is 18.2 Å².